The molecule has 1 aromatic carbocycles. The Morgan fingerprint density at radius 3 is 2.38 bits per heavy atom. The van der Waals surface area contributed by atoms with Crippen molar-refractivity contribution in [2.75, 3.05) is 35.2 Å². The van der Waals surface area contributed by atoms with Crippen molar-refractivity contribution in [1.82, 2.24) is 30.2 Å². The molecule has 0 bridgehead atoms. The average Bonchev–Trinajstić information content (AvgIpc) is 3.36. The van der Waals surface area contributed by atoms with Crippen molar-refractivity contribution in [3.8, 4) is 11.1 Å². The summed E-state index contributed by atoms with van der Waals surface area (Å²) in [6.07, 6.45) is 7.35. The van der Waals surface area contributed by atoms with Crippen LogP contribution in [-0.4, -0.2) is 67.6 Å². The number of carboxylic acid groups (broad SMARTS) is 1. The van der Waals surface area contributed by atoms with Gasteiger partial charge in [-0.15, -0.1) is 0 Å². The van der Waals surface area contributed by atoms with Gasteiger partial charge in [-0.2, -0.15) is 0 Å². The first kappa shape index (κ1) is 26.9. The number of aromatic nitrogens is 5. The topological polar surface area (TPSA) is 175 Å². The minimum atomic E-state index is -0.785. The SMILES string of the molecule is CCNC(=O)Nc1nc2cc(-c3cnc(N4CCC(C)(C(=O)O)CC4)nc3)cc(NC(=O)c3ncccn3)c2s1. The van der Waals surface area contributed by atoms with Crippen molar-refractivity contribution < 1.29 is 19.5 Å². The third kappa shape index (κ3) is 5.66. The number of carbonyl (C=O) groups excluding carboxylic acids is 2. The predicted molar refractivity (Wildman–Crippen MR) is 151 cm³/mol. The van der Waals surface area contributed by atoms with Gasteiger partial charge in [0.25, 0.3) is 5.91 Å². The van der Waals surface area contributed by atoms with Crippen LogP contribution in [0.15, 0.2) is 43.0 Å². The lowest BCUT2D eigenvalue weighted by atomic mass is 9.80. The summed E-state index contributed by atoms with van der Waals surface area (Å²) >= 11 is 1.22. The van der Waals surface area contributed by atoms with Crippen molar-refractivity contribution >= 4 is 56.2 Å². The molecule has 1 aliphatic heterocycles. The van der Waals surface area contributed by atoms with E-state index in [0.29, 0.717) is 70.6 Å². The molecule has 4 heterocycles. The Bertz CT molecular complexity index is 1550. The van der Waals surface area contributed by atoms with Gasteiger partial charge in [0, 0.05) is 50.0 Å². The van der Waals surface area contributed by atoms with Crippen molar-refractivity contribution in [3.05, 3.63) is 48.8 Å². The molecule has 1 saturated heterocycles. The van der Waals surface area contributed by atoms with E-state index < -0.39 is 17.3 Å². The van der Waals surface area contributed by atoms with E-state index in [1.165, 1.54) is 23.7 Å². The summed E-state index contributed by atoms with van der Waals surface area (Å²) in [6, 6.07) is 4.86. The van der Waals surface area contributed by atoms with Gasteiger partial charge >= 0.3 is 12.0 Å². The summed E-state index contributed by atoms with van der Waals surface area (Å²) in [4.78, 5) is 60.1. The number of nitrogens with one attached hydrogen (secondary N) is 3. The molecule has 0 saturated carbocycles. The molecule has 0 aliphatic carbocycles. The van der Waals surface area contributed by atoms with E-state index in [9.17, 15) is 19.5 Å². The monoisotopic (exact) mass is 561 g/mol. The van der Waals surface area contributed by atoms with E-state index in [1.807, 2.05) is 17.9 Å². The fourth-order valence-electron chi connectivity index (χ4n) is 4.29. The Labute approximate surface area is 233 Å². The van der Waals surface area contributed by atoms with Crippen molar-refractivity contribution in [2.45, 2.75) is 26.7 Å². The minimum absolute atomic E-state index is 0.0134. The second-order valence-corrected chi connectivity index (χ2v) is 10.5. The molecule has 0 atom stereocenters. The Morgan fingerprint density at radius 2 is 1.73 bits per heavy atom. The molecule has 0 unspecified atom stereocenters. The zero-order valence-corrected chi connectivity index (χ0v) is 22.7. The van der Waals surface area contributed by atoms with E-state index in [-0.39, 0.29) is 11.9 Å². The van der Waals surface area contributed by atoms with Gasteiger partial charge in [0.15, 0.2) is 5.13 Å². The van der Waals surface area contributed by atoms with Gasteiger partial charge in [-0.25, -0.2) is 29.7 Å². The van der Waals surface area contributed by atoms with Crippen molar-refractivity contribution in [1.29, 1.82) is 0 Å². The number of benzene rings is 1. The zero-order chi connectivity index (χ0) is 28.3. The lowest BCUT2D eigenvalue weighted by Gasteiger charge is -2.36. The van der Waals surface area contributed by atoms with Crippen LogP contribution in [0, 0.1) is 5.41 Å². The highest BCUT2D eigenvalue weighted by Crippen LogP contribution is 2.37. The Hall–Kier alpha value is -4.72. The number of urea groups is 1. The summed E-state index contributed by atoms with van der Waals surface area (Å²) in [7, 11) is 0. The molecule has 5 rings (SSSR count). The first-order chi connectivity index (χ1) is 19.3. The van der Waals surface area contributed by atoms with Gasteiger partial charge in [-0.3, -0.25) is 14.9 Å². The summed E-state index contributed by atoms with van der Waals surface area (Å²) in [5, 5.41) is 18.1. The maximum atomic E-state index is 12.9. The molecule has 206 valence electrons. The molecule has 0 spiro atoms. The zero-order valence-electron chi connectivity index (χ0n) is 21.8. The lowest BCUT2D eigenvalue weighted by Crippen LogP contribution is -2.43. The van der Waals surface area contributed by atoms with E-state index >= 15 is 0 Å². The van der Waals surface area contributed by atoms with Crippen molar-refractivity contribution in [3.63, 3.8) is 0 Å². The van der Waals surface area contributed by atoms with Crippen LogP contribution in [0.4, 0.5) is 21.6 Å². The molecular formula is C26H27N9O4S. The molecule has 0 radical (unpaired) electrons. The Morgan fingerprint density at radius 1 is 1.02 bits per heavy atom. The number of carbonyl (C=O) groups is 3. The van der Waals surface area contributed by atoms with Gasteiger partial charge in [0.2, 0.25) is 11.8 Å². The van der Waals surface area contributed by atoms with Gasteiger partial charge in [-0.05, 0) is 50.5 Å². The van der Waals surface area contributed by atoms with Crippen LogP contribution >= 0.6 is 11.3 Å². The number of piperidine rings is 1. The van der Waals surface area contributed by atoms with Crippen LogP contribution in [0.3, 0.4) is 0 Å². The van der Waals surface area contributed by atoms with Crippen LogP contribution in [0.1, 0.15) is 37.3 Å². The number of hydrogen-bond acceptors (Lipinski definition) is 10. The van der Waals surface area contributed by atoms with Gasteiger partial charge in [0.1, 0.15) is 0 Å². The summed E-state index contributed by atoms with van der Waals surface area (Å²) < 4.78 is 0.659. The fraction of sp³-hybridized carbons (Fsp3) is 0.308. The summed E-state index contributed by atoms with van der Waals surface area (Å²) in [5.41, 5.74) is 1.69. The van der Waals surface area contributed by atoms with Gasteiger partial charge in [-0.1, -0.05) is 11.3 Å². The first-order valence-corrected chi connectivity index (χ1v) is 13.5. The molecule has 4 aromatic rings. The highest BCUT2D eigenvalue weighted by Gasteiger charge is 2.37. The molecule has 4 N–H and O–H groups in total. The van der Waals surface area contributed by atoms with Crippen LogP contribution in [0.2, 0.25) is 0 Å². The number of hydrogen-bond donors (Lipinski definition) is 4. The molecule has 13 nitrogen and oxygen atoms in total. The molecular weight excluding hydrogens is 534 g/mol. The van der Waals surface area contributed by atoms with Gasteiger partial charge in [0.05, 0.1) is 21.3 Å². The third-order valence-electron chi connectivity index (χ3n) is 6.70. The van der Waals surface area contributed by atoms with Crippen LogP contribution in [0.5, 0.6) is 0 Å². The number of carboxylic acids is 1. The molecule has 40 heavy (non-hydrogen) atoms. The smallest absolute Gasteiger partial charge is 0.321 e. The molecule has 1 aliphatic rings. The number of amides is 3. The standard InChI is InChI=1S/C26H27N9O4S/c1-3-27-24(39)34-25-33-18-12-15(11-17(19(18)40-25)32-21(36)20-28-7-4-8-29-20)16-13-30-23(31-14-16)35-9-5-26(2,6-10-35)22(37)38/h4,7-8,11-14H,3,5-6,9-10H2,1-2H3,(H,32,36)(H,37,38)(H2,27,33,34,39). The van der Waals surface area contributed by atoms with E-state index in [0.717, 1.165) is 0 Å². The quantitative estimate of drug-likeness (QED) is 0.261. The average molecular weight is 562 g/mol. The highest BCUT2D eigenvalue weighted by atomic mass is 32.1. The summed E-state index contributed by atoms with van der Waals surface area (Å²) in [5.74, 6) is -0.740. The largest absolute Gasteiger partial charge is 0.481 e. The fourth-order valence-corrected chi connectivity index (χ4v) is 5.20. The van der Waals surface area contributed by atoms with Crippen LogP contribution < -0.4 is 20.9 Å². The lowest BCUT2D eigenvalue weighted by molar-refractivity contribution is -0.149. The first-order valence-electron chi connectivity index (χ1n) is 12.6. The maximum Gasteiger partial charge on any atom is 0.321 e. The third-order valence-corrected chi connectivity index (χ3v) is 7.72. The second kappa shape index (κ2) is 11.2. The van der Waals surface area contributed by atoms with E-state index in [1.54, 1.807) is 31.5 Å². The minimum Gasteiger partial charge on any atom is -0.481 e. The second-order valence-electron chi connectivity index (χ2n) is 9.53. The van der Waals surface area contributed by atoms with Crippen LogP contribution in [-0.2, 0) is 4.79 Å². The number of nitrogens with zero attached hydrogens (tertiary/aromatic N) is 6. The number of fused-ring (bicyclic) bond motifs is 1. The van der Waals surface area contributed by atoms with E-state index in [4.69, 9.17) is 0 Å². The van der Waals surface area contributed by atoms with Crippen molar-refractivity contribution in [2.24, 2.45) is 5.41 Å². The van der Waals surface area contributed by atoms with Gasteiger partial charge < -0.3 is 20.6 Å². The molecule has 14 heteroatoms. The van der Waals surface area contributed by atoms with E-state index in [2.05, 4.69) is 40.9 Å². The number of rotatable bonds is 7. The Balaban J connectivity index is 1.44. The normalized spacial score (nSPS) is 14.5. The number of aliphatic carboxylic acids is 1. The molecule has 1 fully saturated rings. The number of thiazole rings is 1. The summed E-state index contributed by atoms with van der Waals surface area (Å²) in [6.45, 7) is 5.14. The maximum absolute atomic E-state index is 12.9. The molecule has 3 amide bonds. The predicted octanol–water partition coefficient (Wildman–Crippen LogP) is 3.63. The molecule has 3 aromatic heterocycles. The Kier molecular flexibility index (Phi) is 7.51. The van der Waals surface area contributed by atoms with Crippen LogP contribution in [0.25, 0.3) is 21.3 Å². The number of anilines is 3. The highest BCUT2D eigenvalue weighted by molar-refractivity contribution is 7.23.